The minimum atomic E-state index is 0.0619. The van der Waals surface area contributed by atoms with Crippen molar-refractivity contribution >= 4 is 33.4 Å². The van der Waals surface area contributed by atoms with E-state index in [9.17, 15) is 4.79 Å². The van der Waals surface area contributed by atoms with Crippen LogP contribution in [0.4, 0.5) is 5.69 Å². The predicted octanol–water partition coefficient (Wildman–Crippen LogP) is 6.49. The van der Waals surface area contributed by atoms with Crippen LogP contribution in [0.5, 0.6) is 5.75 Å². The molecule has 1 atom stereocenters. The third-order valence-corrected chi connectivity index (χ3v) is 7.00. The molecule has 0 N–H and O–H groups in total. The van der Waals surface area contributed by atoms with E-state index in [1.807, 2.05) is 41.3 Å². The largest absolute Gasteiger partial charge is 0.494 e. The topological polar surface area (TPSA) is 47.4 Å². The van der Waals surface area contributed by atoms with Crippen molar-refractivity contribution in [1.82, 2.24) is 9.55 Å². The second-order valence-electron chi connectivity index (χ2n) is 9.57. The summed E-state index contributed by atoms with van der Waals surface area (Å²) in [6.45, 7) is 4.11. The highest BCUT2D eigenvalue weighted by Gasteiger charge is 2.34. The van der Waals surface area contributed by atoms with Gasteiger partial charge in [0.1, 0.15) is 11.6 Å². The molecule has 1 saturated heterocycles. The summed E-state index contributed by atoms with van der Waals surface area (Å²) in [6.07, 6.45) is 1.33. The Hall–Kier alpha value is -4.12. The van der Waals surface area contributed by atoms with Gasteiger partial charge in [0.25, 0.3) is 0 Å². The van der Waals surface area contributed by atoms with Crippen molar-refractivity contribution in [3.8, 4) is 5.75 Å². The molecule has 5 nitrogen and oxygen atoms in total. The average Bonchev–Trinajstić information content (AvgIpc) is 3.47. The highest BCUT2D eigenvalue weighted by Crippen LogP contribution is 2.33. The van der Waals surface area contributed by atoms with Crippen LogP contribution in [0.1, 0.15) is 30.1 Å². The molecule has 4 aromatic carbocycles. The standard InChI is InChI=1S/C31H29N3O2/c1-22-8-6-11-26(18-22)34-21-25(20-30(34)35)31-32-28-12-4-5-13-29(28)33(31)16-7-17-36-27-15-14-23-9-2-3-10-24(23)19-27/h2-6,8-15,18-19,25H,7,16-17,20-21H2,1H3. The fourth-order valence-corrected chi connectivity index (χ4v) is 5.24. The monoisotopic (exact) mass is 475 g/mol. The average molecular weight is 476 g/mol. The fourth-order valence-electron chi connectivity index (χ4n) is 5.24. The van der Waals surface area contributed by atoms with Crippen LogP contribution < -0.4 is 9.64 Å². The van der Waals surface area contributed by atoms with Gasteiger partial charge in [-0.15, -0.1) is 0 Å². The molecule has 5 heteroatoms. The maximum absolute atomic E-state index is 13.0. The highest BCUT2D eigenvalue weighted by molar-refractivity contribution is 5.96. The summed E-state index contributed by atoms with van der Waals surface area (Å²) in [4.78, 5) is 19.9. The molecule has 0 bridgehead atoms. The number of aryl methyl sites for hydroxylation is 2. The third-order valence-electron chi connectivity index (χ3n) is 7.00. The van der Waals surface area contributed by atoms with Gasteiger partial charge in [0.05, 0.1) is 17.6 Å². The number of para-hydroxylation sites is 2. The molecule has 1 amide bonds. The summed E-state index contributed by atoms with van der Waals surface area (Å²) >= 11 is 0. The van der Waals surface area contributed by atoms with Gasteiger partial charge in [0.2, 0.25) is 5.91 Å². The van der Waals surface area contributed by atoms with Crippen LogP contribution in [0, 0.1) is 6.92 Å². The lowest BCUT2D eigenvalue weighted by Gasteiger charge is -2.18. The summed E-state index contributed by atoms with van der Waals surface area (Å²) in [5, 5.41) is 2.40. The SMILES string of the molecule is Cc1cccc(N2CC(c3nc4ccccc4n3CCCOc3ccc4ccccc4c3)CC2=O)c1. The van der Waals surface area contributed by atoms with Gasteiger partial charge in [-0.1, -0.05) is 54.6 Å². The van der Waals surface area contributed by atoms with Crippen LogP contribution in [0.25, 0.3) is 21.8 Å². The molecule has 1 aliphatic heterocycles. The smallest absolute Gasteiger partial charge is 0.227 e. The fraction of sp³-hybridized carbons (Fsp3) is 0.226. The van der Waals surface area contributed by atoms with Gasteiger partial charge in [-0.3, -0.25) is 4.79 Å². The number of hydrogen-bond acceptors (Lipinski definition) is 3. The van der Waals surface area contributed by atoms with Gasteiger partial charge in [-0.2, -0.15) is 0 Å². The number of rotatable bonds is 7. The first-order chi connectivity index (χ1) is 17.7. The van der Waals surface area contributed by atoms with Gasteiger partial charge in [-0.25, -0.2) is 4.98 Å². The zero-order valence-electron chi connectivity index (χ0n) is 20.4. The molecular formula is C31H29N3O2. The lowest BCUT2D eigenvalue weighted by Crippen LogP contribution is -2.24. The number of fused-ring (bicyclic) bond motifs is 2. The number of carbonyl (C=O) groups excluding carboxylic acids is 1. The van der Waals surface area contributed by atoms with Crippen molar-refractivity contribution < 1.29 is 9.53 Å². The Kier molecular flexibility index (Phi) is 5.90. The van der Waals surface area contributed by atoms with Crippen LogP contribution >= 0.6 is 0 Å². The Morgan fingerprint density at radius 1 is 0.917 bits per heavy atom. The van der Waals surface area contributed by atoms with Crippen LogP contribution in [0.3, 0.4) is 0 Å². The van der Waals surface area contributed by atoms with E-state index in [0.717, 1.165) is 46.8 Å². The second kappa shape index (κ2) is 9.50. The first kappa shape index (κ1) is 22.4. The molecule has 6 rings (SSSR count). The van der Waals surface area contributed by atoms with Crippen molar-refractivity contribution in [2.45, 2.75) is 32.2 Å². The molecule has 0 saturated carbocycles. The molecule has 1 unspecified atom stereocenters. The van der Waals surface area contributed by atoms with E-state index in [-0.39, 0.29) is 11.8 Å². The molecule has 36 heavy (non-hydrogen) atoms. The summed E-state index contributed by atoms with van der Waals surface area (Å²) in [5.41, 5.74) is 4.21. The lowest BCUT2D eigenvalue weighted by molar-refractivity contribution is -0.117. The van der Waals surface area contributed by atoms with Crippen LogP contribution in [0.15, 0.2) is 91.0 Å². The zero-order chi connectivity index (χ0) is 24.5. The molecular weight excluding hydrogens is 446 g/mol. The number of carbonyl (C=O) groups is 1. The quantitative estimate of drug-likeness (QED) is 0.253. The van der Waals surface area contributed by atoms with Gasteiger partial charge >= 0.3 is 0 Å². The highest BCUT2D eigenvalue weighted by atomic mass is 16.5. The van der Waals surface area contributed by atoms with E-state index in [1.54, 1.807) is 0 Å². The predicted molar refractivity (Wildman–Crippen MR) is 145 cm³/mol. The zero-order valence-corrected chi connectivity index (χ0v) is 20.4. The lowest BCUT2D eigenvalue weighted by atomic mass is 10.1. The summed E-state index contributed by atoms with van der Waals surface area (Å²) in [7, 11) is 0. The molecule has 0 radical (unpaired) electrons. The van der Waals surface area contributed by atoms with Gasteiger partial charge in [0, 0.05) is 31.1 Å². The molecule has 1 aromatic heterocycles. The minimum absolute atomic E-state index is 0.0619. The summed E-state index contributed by atoms with van der Waals surface area (Å²) < 4.78 is 8.39. The van der Waals surface area contributed by atoms with Crippen molar-refractivity contribution in [3.05, 3.63) is 102 Å². The van der Waals surface area contributed by atoms with Crippen LogP contribution in [-0.4, -0.2) is 28.6 Å². The molecule has 180 valence electrons. The number of benzene rings is 4. The Balaban J connectivity index is 1.19. The molecule has 5 aromatic rings. The summed E-state index contributed by atoms with van der Waals surface area (Å²) in [5.74, 6) is 2.10. The molecule has 0 aliphatic carbocycles. The number of nitrogens with zero attached hydrogens (tertiary/aromatic N) is 3. The molecule has 1 aliphatic rings. The molecule has 1 fully saturated rings. The number of amides is 1. The molecule has 2 heterocycles. The van der Waals surface area contributed by atoms with Crippen LogP contribution in [0.2, 0.25) is 0 Å². The first-order valence-corrected chi connectivity index (χ1v) is 12.6. The van der Waals surface area contributed by atoms with Crippen LogP contribution in [-0.2, 0) is 11.3 Å². The normalized spacial score (nSPS) is 15.8. The Morgan fingerprint density at radius 2 is 1.75 bits per heavy atom. The Labute approximate surface area is 210 Å². The minimum Gasteiger partial charge on any atom is -0.494 e. The Bertz CT molecular complexity index is 1550. The third kappa shape index (κ3) is 4.33. The van der Waals surface area contributed by atoms with Crippen molar-refractivity contribution in [2.75, 3.05) is 18.1 Å². The van der Waals surface area contributed by atoms with E-state index < -0.39 is 0 Å². The van der Waals surface area contributed by atoms with Gasteiger partial charge < -0.3 is 14.2 Å². The van der Waals surface area contributed by atoms with E-state index in [1.165, 1.54) is 10.8 Å². The maximum Gasteiger partial charge on any atom is 0.227 e. The maximum atomic E-state index is 13.0. The van der Waals surface area contributed by atoms with E-state index in [0.29, 0.717) is 19.6 Å². The molecule has 0 spiro atoms. The van der Waals surface area contributed by atoms with E-state index in [4.69, 9.17) is 9.72 Å². The van der Waals surface area contributed by atoms with Crippen molar-refractivity contribution in [3.63, 3.8) is 0 Å². The Morgan fingerprint density at radius 3 is 2.64 bits per heavy atom. The van der Waals surface area contributed by atoms with E-state index >= 15 is 0 Å². The second-order valence-corrected chi connectivity index (χ2v) is 9.57. The number of aromatic nitrogens is 2. The van der Waals surface area contributed by atoms with Crippen molar-refractivity contribution in [2.24, 2.45) is 0 Å². The van der Waals surface area contributed by atoms with Gasteiger partial charge in [0.15, 0.2) is 0 Å². The van der Waals surface area contributed by atoms with E-state index in [2.05, 4.69) is 66.1 Å². The van der Waals surface area contributed by atoms with Gasteiger partial charge in [-0.05, 0) is 66.1 Å². The number of ether oxygens (including phenoxy) is 1. The summed E-state index contributed by atoms with van der Waals surface area (Å²) in [6, 6.07) is 30.9. The first-order valence-electron chi connectivity index (χ1n) is 12.6. The van der Waals surface area contributed by atoms with Crippen molar-refractivity contribution in [1.29, 1.82) is 0 Å². The number of anilines is 1. The number of imidazole rings is 1. The number of hydrogen-bond donors (Lipinski definition) is 0.